The van der Waals surface area contributed by atoms with Crippen molar-refractivity contribution in [3.63, 3.8) is 0 Å². The van der Waals surface area contributed by atoms with Crippen LogP contribution in [-0.2, 0) is 11.3 Å². The van der Waals surface area contributed by atoms with Gasteiger partial charge < -0.3 is 9.30 Å². The van der Waals surface area contributed by atoms with Crippen LogP contribution in [0.3, 0.4) is 0 Å². The lowest BCUT2D eigenvalue weighted by molar-refractivity contribution is -0.118. The van der Waals surface area contributed by atoms with E-state index in [2.05, 4.69) is 20.7 Å². The molecule has 0 saturated carbocycles. The molecule has 30 heavy (non-hydrogen) atoms. The van der Waals surface area contributed by atoms with E-state index in [4.69, 9.17) is 16.3 Å². The minimum atomic E-state index is -0.221. The number of benzene rings is 2. The molecule has 1 amide bonds. The van der Waals surface area contributed by atoms with Crippen molar-refractivity contribution in [2.45, 2.75) is 25.5 Å². The fraction of sp³-hybridized carbons (Fsp3) is 0.238. The molecule has 0 atom stereocenters. The Bertz CT molecular complexity index is 1050. The number of halogens is 1. The Kier molecular flexibility index (Phi) is 7.48. The van der Waals surface area contributed by atoms with E-state index in [1.54, 1.807) is 7.11 Å². The predicted molar refractivity (Wildman–Crippen MR) is 120 cm³/mol. The maximum absolute atomic E-state index is 12.3. The molecule has 1 N–H and O–H groups in total. The Morgan fingerprint density at radius 3 is 2.70 bits per heavy atom. The maximum atomic E-state index is 12.3. The van der Waals surface area contributed by atoms with E-state index in [0.29, 0.717) is 22.4 Å². The third-order valence-electron chi connectivity index (χ3n) is 4.30. The van der Waals surface area contributed by atoms with E-state index in [-0.39, 0.29) is 11.7 Å². The number of hydrazone groups is 1. The van der Waals surface area contributed by atoms with Gasteiger partial charge in [0.15, 0.2) is 11.0 Å². The summed E-state index contributed by atoms with van der Waals surface area (Å²) in [7, 11) is 1.61. The molecule has 2 aromatic carbocycles. The Hall–Kier alpha value is -2.84. The zero-order chi connectivity index (χ0) is 21.5. The Morgan fingerprint density at radius 1 is 1.23 bits per heavy atom. The van der Waals surface area contributed by atoms with Gasteiger partial charge in [-0.05, 0) is 50.2 Å². The van der Waals surface area contributed by atoms with Crippen LogP contribution < -0.4 is 10.2 Å². The first-order valence-corrected chi connectivity index (χ1v) is 10.7. The molecular weight excluding hydrogens is 422 g/mol. The first-order valence-electron chi connectivity index (χ1n) is 9.31. The number of amides is 1. The van der Waals surface area contributed by atoms with Crippen LogP contribution in [-0.4, -0.2) is 39.2 Å². The van der Waals surface area contributed by atoms with E-state index in [1.807, 2.05) is 66.9 Å². The summed E-state index contributed by atoms with van der Waals surface area (Å²) in [5, 5.41) is 14.0. The Balaban J connectivity index is 1.62. The molecule has 0 unspecified atom stereocenters. The first kappa shape index (κ1) is 21.9. The van der Waals surface area contributed by atoms with Gasteiger partial charge in [-0.25, -0.2) is 5.43 Å². The summed E-state index contributed by atoms with van der Waals surface area (Å²) in [4.78, 5) is 12.3. The van der Waals surface area contributed by atoms with Crippen LogP contribution in [0.5, 0.6) is 5.75 Å². The number of hydrogen-bond acceptors (Lipinski definition) is 6. The molecule has 0 aliphatic carbocycles. The van der Waals surface area contributed by atoms with E-state index in [1.165, 1.54) is 11.8 Å². The van der Waals surface area contributed by atoms with Gasteiger partial charge in [-0.15, -0.1) is 10.2 Å². The number of hydrogen-bond donors (Lipinski definition) is 1. The Morgan fingerprint density at radius 2 is 2.00 bits per heavy atom. The second kappa shape index (κ2) is 10.3. The van der Waals surface area contributed by atoms with E-state index >= 15 is 0 Å². The molecule has 0 aliphatic heterocycles. The number of nitrogens with zero attached hydrogens (tertiary/aromatic N) is 4. The molecule has 3 aromatic rings. The summed E-state index contributed by atoms with van der Waals surface area (Å²) in [5.74, 6) is 1.43. The lowest BCUT2D eigenvalue weighted by Gasteiger charge is -2.07. The molecular formula is C21H22ClN5O2S. The molecule has 3 rings (SSSR count). The van der Waals surface area contributed by atoms with Crippen molar-refractivity contribution < 1.29 is 9.53 Å². The summed E-state index contributed by atoms with van der Waals surface area (Å²) in [6.07, 6.45) is 0. The highest BCUT2D eigenvalue weighted by Gasteiger charge is 2.14. The van der Waals surface area contributed by atoms with E-state index in [0.717, 1.165) is 22.7 Å². The monoisotopic (exact) mass is 443 g/mol. The van der Waals surface area contributed by atoms with Gasteiger partial charge in [0, 0.05) is 22.7 Å². The molecule has 0 radical (unpaired) electrons. The maximum Gasteiger partial charge on any atom is 0.250 e. The highest BCUT2D eigenvalue weighted by Crippen LogP contribution is 2.25. The van der Waals surface area contributed by atoms with Gasteiger partial charge in [-0.1, -0.05) is 35.5 Å². The molecule has 0 saturated heterocycles. The largest absolute Gasteiger partial charge is 0.497 e. The zero-order valence-electron chi connectivity index (χ0n) is 16.9. The van der Waals surface area contributed by atoms with Crippen LogP contribution in [0.2, 0.25) is 5.02 Å². The standard InChI is InChI=1S/C21H22ClN5O2S/c1-4-27-20(15-8-10-17(22)11-9-15)25-26-21(27)30-13-19(28)24-23-14(2)16-6-5-7-18(12-16)29-3/h5-12H,4,13H2,1-3H3,(H,24,28)/b23-14+. The van der Waals surface area contributed by atoms with Crippen LogP contribution in [0, 0.1) is 0 Å². The summed E-state index contributed by atoms with van der Waals surface area (Å²) in [6, 6.07) is 14.9. The highest BCUT2D eigenvalue weighted by molar-refractivity contribution is 7.99. The molecule has 0 aliphatic rings. The van der Waals surface area contributed by atoms with Gasteiger partial charge >= 0.3 is 0 Å². The van der Waals surface area contributed by atoms with Gasteiger partial charge in [-0.2, -0.15) is 5.10 Å². The highest BCUT2D eigenvalue weighted by atomic mass is 35.5. The molecule has 0 spiro atoms. The molecule has 7 nitrogen and oxygen atoms in total. The number of rotatable bonds is 8. The van der Waals surface area contributed by atoms with Gasteiger partial charge in [0.05, 0.1) is 18.6 Å². The fourth-order valence-electron chi connectivity index (χ4n) is 2.71. The number of methoxy groups -OCH3 is 1. The topological polar surface area (TPSA) is 81.4 Å². The van der Waals surface area contributed by atoms with Crippen molar-refractivity contribution in [1.29, 1.82) is 0 Å². The third kappa shape index (κ3) is 5.40. The van der Waals surface area contributed by atoms with Crippen molar-refractivity contribution in [2.24, 2.45) is 5.10 Å². The number of carbonyl (C=O) groups excluding carboxylic acids is 1. The quantitative estimate of drug-likeness (QED) is 0.319. The summed E-state index contributed by atoms with van der Waals surface area (Å²) >= 11 is 7.27. The first-order chi connectivity index (χ1) is 14.5. The minimum absolute atomic E-state index is 0.174. The van der Waals surface area contributed by atoms with Crippen LogP contribution in [0.15, 0.2) is 58.8 Å². The molecule has 1 heterocycles. The predicted octanol–water partition coefficient (Wildman–Crippen LogP) is 4.26. The smallest absolute Gasteiger partial charge is 0.250 e. The van der Waals surface area contributed by atoms with Crippen molar-refractivity contribution in [3.8, 4) is 17.1 Å². The molecule has 1 aromatic heterocycles. The van der Waals surface area contributed by atoms with Crippen molar-refractivity contribution in [3.05, 3.63) is 59.1 Å². The second-order valence-electron chi connectivity index (χ2n) is 6.31. The number of carbonyl (C=O) groups is 1. The van der Waals surface area contributed by atoms with Gasteiger partial charge in [0.25, 0.3) is 5.91 Å². The van der Waals surface area contributed by atoms with Crippen LogP contribution in [0.25, 0.3) is 11.4 Å². The van der Waals surface area contributed by atoms with Gasteiger partial charge in [-0.3, -0.25) is 4.79 Å². The van der Waals surface area contributed by atoms with Crippen LogP contribution in [0.4, 0.5) is 0 Å². The number of nitrogens with one attached hydrogen (secondary N) is 1. The fourth-order valence-corrected chi connectivity index (χ4v) is 3.63. The van der Waals surface area contributed by atoms with Crippen LogP contribution >= 0.6 is 23.4 Å². The van der Waals surface area contributed by atoms with E-state index < -0.39 is 0 Å². The average molecular weight is 444 g/mol. The lowest BCUT2D eigenvalue weighted by Crippen LogP contribution is -2.21. The van der Waals surface area contributed by atoms with E-state index in [9.17, 15) is 4.79 Å². The molecule has 9 heteroatoms. The third-order valence-corrected chi connectivity index (χ3v) is 5.52. The summed E-state index contributed by atoms with van der Waals surface area (Å²) < 4.78 is 7.18. The molecule has 0 bridgehead atoms. The van der Waals surface area contributed by atoms with Gasteiger partial charge in [0.1, 0.15) is 5.75 Å². The SMILES string of the molecule is CCn1c(SCC(=O)N/N=C(\C)c2cccc(OC)c2)nnc1-c1ccc(Cl)cc1. The van der Waals surface area contributed by atoms with Crippen molar-refractivity contribution in [2.75, 3.05) is 12.9 Å². The van der Waals surface area contributed by atoms with Gasteiger partial charge in [0.2, 0.25) is 0 Å². The zero-order valence-corrected chi connectivity index (χ0v) is 18.5. The minimum Gasteiger partial charge on any atom is -0.497 e. The molecule has 156 valence electrons. The van der Waals surface area contributed by atoms with Crippen molar-refractivity contribution >= 4 is 35.0 Å². The number of aromatic nitrogens is 3. The molecule has 0 fully saturated rings. The number of ether oxygens (including phenoxy) is 1. The lowest BCUT2D eigenvalue weighted by atomic mass is 10.1. The average Bonchev–Trinajstić information content (AvgIpc) is 3.19. The number of thioether (sulfide) groups is 1. The summed E-state index contributed by atoms with van der Waals surface area (Å²) in [6.45, 7) is 4.52. The summed E-state index contributed by atoms with van der Waals surface area (Å²) in [5.41, 5.74) is 5.07. The second-order valence-corrected chi connectivity index (χ2v) is 7.69. The normalized spacial score (nSPS) is 11.4. The van der Waals surface area contributed by atoms with Crippen molar-refractivity contribution in [1.82, 2.24) is 20.2 Å². The van der Waals surface area contributed by atoms with Crippen LogP contribution in [0.1, 0.15) is 19.4 Å². The Labute approximate surface area is 184 Å².